The molecule has 0 bridgehead atoms. The van der Waals surface area contributed by atoms with Crippen LogP contribution in [0.25, 0.3) is 0 Å². The van der Waals surface area contributed by atoms with Gasteiger partial charge in [-0.05, 0) is 31.5 Å². The lowest BCUT2D eigenvalue weighted by Crippen LogP contribution is -2.31. The third kappa shape index (κ3) is 6.20. The van der Waals surface area contributed by atoms with E-state index in [1.54, 1.807) is 24.3 Å². The first-order valence-electron chi connectivity index (χ1n) is 8.48. The molecule has 6 heteroatoms. The molecule has 5 nitrogen and oxygen atoms in total. The second-order valence-corrected chi connectivity index (χ2v) is 7.19. The Hall–Kier alpha value is -2.31. The first-order chi connectivity index (χ1) is 12.5. The van der Waals surface area contributed by atoms with E-state index in [0.717, 1.165) is 5.56 Å². The van der Waals surface area contributed by atoms with E-state index >= 15 is 0 Å². The maximum absolute atomic E-state index is 12.2. The highest BCUT2D eigenvalue weighted by atomic mass is 32.2. The van der Waals surface area contributed by atoms with Gasteiger partial charge in [-0.25, -0.2) is 0 Å². The molecule has 1 atom stereocenters. The van der Waals surface area contributed by atoms with Crippen LogP contribution in [0.2, 0.25) is 0 Å². The number of nitrogens with one attached hydrogen (secondary N) is 2. The highest BCUT2D eigenvalue weighted by Crippen LogP contribution is 2.19. The van der Waals surface area contributed by atoms with Gasteiger partial charge in [0.05, 0.1) is 23.1 Å². The van der Waals surface area contributed by atoms with E-state index in [0.29, 0.717) is 17.0 Å². The van der Waals surface area contributed by atoms with Crippen LogP contribution in [0.3, 0.4) is 0 Å². The van der Waals surface area contributed by atoms with Crippen LogP contribution in [0.4, 0.5) is 5.69 Å². The lowest BCUT2D eigenvalue weighted by molar-refractivity contribution is -0.113. The van der Waals surface area contributed by atoms with Crippen molar-refractivity contribution in [1.82, 2.24) is 5.32 Å². The summed E-state index contributed by atoms with van der Waals surface area (Å²) in [6, 6.07) is 16.3. The minimum Gasteiger partial charge on any atom is -0.388 e. The van der Waals surface area contributed by atoms with Crippen molar-refractivity contribution >= 4 is 29.3 Å². The topological polar surface area (TPSA) is 78.4 Å². The van der Waals surface area contributed by atoms with Gasteiger partial charge in [0, 0.05) is 11.8 Å². The maximum Gasteiger partial charge on any atom is 0.253 e. The fourth-order valence-corrected chi connectivity index (χ4v) is 3.14. The summed E-state index contributed by atoms with van der Waals surface area (Å²) in [6.07, 6.45) is -0.613. The average Bonchev–Trinajstić information content (AvgIpc) is 2.62. The molecule has 0 saturated carbocycles. The van der Waals surface area contributed by atoms with E-state index in [2.05, 4.69) is 10.6 Å². The number of hydrogen-bond acceptors (Lipinski definition) is 4. The van der Waals surface area contributed by atoms with Gasteiger partial charge >= 0.3 is 0 Å². The molecule has 0 aliphatic rings. The molecule has 0 heterocycles. The van der Waals surface area contributed by atoms with Gasteiger partial charge in [0.2, 0.25) is 5.91 Å². The number of anilines is 1. The van der Waals surface area contributed by atoms with Gasteiger partial charge in [-0.15, -0.1) is 11.8 Å². The van der Waals surface area contributed by atoms with Gasteiger partial charge in [-0.1, -0.05) is 42.5 Å². The van der Waals surface area contributed by atoms with Crippen molar-refractivity contribution in [2.75, 3.05) is 16.8 Å². The number of hydrogen-bond donors (Lipinski definition) is 3. The Labute approximate surface area is 158 Å². The van der Waals surface area contributed by atoms with E-state index in [9.17, 15) is 14.7 Å². The molecule has 0 saturated heterocycles. The van der Waals surface area contributed by atoms with Gasteiger partial charge in [0.15, 0.2) is 0 Å². The summed E-state index contributed by atoms with van der Waals surface area (Å²) in [5.41, 5.74) is 1.75. The number of para-hydroxylation sites is 1. The van der Waals surface area contributed by atoms with E-state index in [1.807, 2.05) is 44.2 Å². The Balaban J connectivity index is 1.87. The number of rotatable bonds is 8. The minimum absolute atomic E-state index is 0.0151. The van der Waals surface area contributed by atoms with Crippen LogP contribution in [0.1, 0.15) is 35.9 Å². The van der Waals surface area contributed by atoms with Crippen molar-refractivity contribution < 1.29 is 14.7 Å². The molecule has 1 unspecified atom stereocenters. The maximum atomic E-state index is 12.2. The predicted octanol–water partition coefficient (Wildman–Crippen LogP) is 3.23. The van der Waals surface area contributed by atoms with Crippen molar-refractivity contribution in [2.45, 2.75) is 26.0 Å². The molecular weight excluding hydrogens is 348 g/mol. The first-order valence-corrected chi connectivity index (χ1v) is 9.63. The van der Waals surface area contributed by atoms with Crippen LogP contribution in [-0.4, -0.2) is 34.5 Å². The molecule has 26 heavy (non-hydrogen) atoms. The highest BCUT2D eigenvalue weighted by molar-refractivity contribution is 8.00. The largest absolute Gasteiger partial charge is 0.388 e. The molecule has 138 valence electrons. The molecule has 2 rings (SSSR count). The molecule has 0 fully saturated rings. The van der Waals surface area contributed by atoms with E-state index in [-0.39, 0.29) is 23.6 Å². The van der Waals surface area contributed by atoms with Gasteiger partial charge < -0.3 is 15.7 Å². The Morgan fingerprint density at radius 3 is 2.38 bits per heavy atom. The summed E-state index contributed by atoms with van der Waals surface area (Å²) in [5.74, 6) is 0.194. The molecule has 0 aromatic heterocycles. The number of carbonyl (C=O) groups is 2. The summed E-state index contributed by atoms with van der Waals surface area (Å²) in [7, 11) is 0. The molecule has 3 N–H and O–H groups in total. The number of aliphatic hydroxyl groups excluding tert-OH is 1. The molecule has 0 radical (unpaired) electrons. The summed E-state index contributed by atoms with van der Waals surface area (Å²) < 4.78 is 0. The number of benzene rings is 2. The van der Waals surface area contributed by atoms with Gasteiger partial charge in [-0.2, -0.15) is 0 Å². The monoisotopic (exact) mass is 372 g/mol. The van der Waals surface area contributed by atoms with E-state index < -0.39 is 6.10 Å². The zero-order valence-electron chi connectivity index (χ0n) is 14.9. The number of carbonyl (C=O) groups excluding carboxylic acids is 2. The van der Waals surface area contributed by atoms with Crippen molar-refractivity contribution in [2.24, 2.45) is 0 Å². The number of amides is 2. The molecular formula is C20H24N2O3S. The fourth-order valence-electron chi connectivity index (χ4n) is 2.35. The molecule has 2 amide bonds. The molecule has 2 aromatic rings. The Morgan fingerprint density at radius 2 is 1.69 bits per heavy atom. The van der Waals surface area contributed by atoms with Crippen molar-refractivity contribution in [3.63, 3.8) is 0 Å². The molecule has 2 aromatic carbocycles. The fraction of sp³-hybridized carbons (Fsp3) is 0.300. The predicted molar refractivity (Wildman–Crippen MR) is 106 cm³/mol. The molecule has 0 spiro atoms. The van der Waals surface area contributed by atoms with Crippen LogP contribution < -0.4 is 10.6 Å². The first kappa shape index (κ1) is 20.0. The van der Waals surface area contributed by atoms with Crippen molar-refractivity contribution in [3.8, 4) is 0 Å². The van der Waals surface area contributed by atoms with E-state index in [1.165, 1.54) is 11.8 Å². The lowest BCUT2D eigenvalue weighted by Gasteiger charge is -2.13. The summed E-state index contributed by atoms with van der Waals surface area (Å²) in [4.78, 5) is 24.4. The Kier molecular flexibility index (Phi) is 7.69. The normalized spacial score (nSPS) is 11.8. The SMILES string of the molecule is CC(C)NC(=O)c1ccccc1NC(=O)CSCC(O)c1ccccc1. The smallest absolute Gasteiger partial charge is 0.253 e. The minimum atomic E-state index is -0.613. The third-order valence-corrected chi connectivity index (χ3v) is 4.58. The zero-order chi connectivity index (χ0) is 18.9. The van der Waals surface area contributed by atoms with Crippen LogP contribution in [0.5, 0.6) is 0 Å². The highest BCUT2D eigenvalue weighted by Gasteiger charge is 2.14. The molecule has 0 aliphatic heterocycles. The molecule has 0 aliphatic carbocycles. The van der Waals surface area contributed by atoms with Crippen LogP contribution in [0.15, 0.2) is 54.6 Å². The van der Waals surface area contributed by atoms with Crippen molar-refractivity contribution in [1.29, 1.82) is 0 Å². The quantitative estimate of drug-likeness (QED) is 0.665. The number of thioether (sulfide) groups is 1. The lowest BCUT2D eigenvalue weighted by atomic mass is 10.1. The van der Waals surface area contributed by atoms with Crippen LogP contribution in [-0.2, 0) is 4.79 Å². The van der Waals surface area contributed by atoms with Gasteiger partial charge in [-0.3, -0.25) is 9.59 Å². The zero-order valence-corrected chi connectivity index (χ0v) is 15.8. The van der Waals surface area contributed by atoms with E-state index in [4.69, 9.17) is 0 Å². The van der Waals surface area contributed by atoms with Gasteiger partial charge in [0.1, 0.15) is 0 Å². The summed E-state index contributed by atoms with van der Waals surface area (Å²) >= 11 is 1.35. The second kappa shape index (κ2) is 9.99. The Morgan fingerprint density at radius 1 is 1.04 bits per heavy atom. The Bertz CT molecular complexity index is 735. The standard InChI is InChI=1S/C20H24N2O3S/c1-14(2)21-20(25)16-10-6-7-11-17(16)22-19(24)13-26-12-18(23)15-8-4-3-5-9-15/h3-11,14,18,23H,12-13H2,1-2H3,(H,21,25)(H,22,24). The van der Waals surface area contributed by atoms with Crippen LogP contribution in [0, 0.1) is 0 Å². The third-order valence-electron chi connectivity index (χ3n) is 3.56. The average molecular weight is 372 g/mol. The summed E-state index contributed by atoms with van der Waals surface area (Å²) in [6.45, 7) is 3.77. The van der Waals surface area contributed by atoms with Crippen LogP contribution >= 0.6 is 11.8 Å². The number of aliphatic hydroxyl groups is 1. The van der Waals surface area contributed by atoms with Crippen molar-refractivity contribution in [3.05, 3.63) is 65.7 Å². The summed E-state index contributed by atoms with van der Waals surface area (Å²) in [5, 5.41) is 15.7. The van der Waals surface area contributed by atoms with Gasteiger partial charge in [0.25, 0.3) is 5.91 Å². The second-order valence-electron chi connectivity index (χ2n) is 6.16.